The lowest BCUT2D eigenvalue weighted by molar-refractivity contribution is 0.340. The molecular weight excluding hydrogens is 282 g/mol. The van der Waals surface area contributed by atoms with Crippen molar-refractivity contribution in [3.63, 3.8) is 0 Å². The quantitative estimate of drug-likeness (QED) is 0.630. The average Bonchev–Trinajstić information content (AvgIpc) is 2.90. The van der Waals surface area contributed by atoms with E-state index in [-0.39, 0.29) is 5.41 Å². The minimum absolute atomic E-state index is 0.203. The van der Waals surface area contributed by atoms with Crippen molar-refractivity contribution in [2.75, 3.05) is 6.61 Å². The summed E-state index contributed by atoms with van der Waals surface area (Å²) in [7, 11) is 0. The van der Waals surface area contributed by atoms with Crippen LogP contribution in [0.25, 0.3) is 10.9 Å². The fourth-order valence-electron chi connectivity index (χ4n) is 2.88. The van der Waals surface area contributed by atoms with E-state index in [2.05, 4.69) is 74.0 Å². The highest BCUT2D eigenvalue weighted by atomic mass is 16.5. The maximum absolute atomic E-state index is 5.58. The van der Waals surface area contributed by atoms with Crippen molar-refractivity contribution in [2.45, 2.75) is 39.7 Å². The molecule has 2 aromatic carbocycles. The standard InChI is InChI=1S/C21H25NO/c1-5-23-19-10-11-20-17(14-19)12-13-22(20)15-16-6-8-18(9-7-16)21(2,3)4/h6-14H,5,15H2,1-4H3. The zero-order chi connectivity index (χ0) is 16.4. The Morgan fingerprint density at radius 2 is 1.70 bits per heavy atom. The maximum Gasteiger partial charge on any atom is 0.120 e. The molecule has 0 saturated carbocycles. The molecule has 3 rings (SSSR count). The largest absolute Gasteiger partial charge is 0.494 e. The summed E-state index contributed by atoms with van der Waals surface area (Å²) in [4.78, 5) is 0. The van der Waals surface area contributed by atoms with Gasteiger partial charge in [0, 0.05) is 23.6 Å². The minimum atomic E-state index is 0.203. The molecule has 2 heteroatoms. The van der Waals surface area contributed by atoms with Gasteiger partial charge in [0.2, 0.25) is 0 Å². The third-order valence-electron chi connectivity index (χ3n) is 4.23. The van der Waals surface area contributed by atoms with E-state index in [1.165, 1.54) is 22.0 Å². The molecule has 3 aromatic rings. The van der Waals surface area contributed by atoms with Crippen molar-refractivity contribution >= 4 is 10.9 Å². The second kappa shape index (κ2) is 6.11. The topological polar surface area (TPSA) is 14.2 Å². The van der Waals surface area contributed by atoms with Crippen LogP contribution in [0.3, 0.4) is 0 Å². The number of rotatable bonds is 4. The molecule has 0 aliphatic carbocycles. The zero-order valence-corrected chi connectivity index (χ0v) is 14.5. The Morgan fingerprint density at radius 1 is 0.957 bits per heavy atom. The molecule has 0 N–H and O–H groups in total. The fraction of sp³-hybridized carbons (Fsp3) is 0.333. The summed E-state index contributed by atoms with van der Waals surface area (Å²) in [6.45, 7) is 10.3. The highest BCUT2D eigenvalue weighted by Gasteiger charge is 2.13. The lowest BCUT2D eigenvalue weighted by Gasteiger charge is -2.19. The molecule has 0 fully saturated rings. The normalized spacial score (nSPS) is 11.8. The predicted molar refractivity (Wildman–Crippen MR) is 97.4 cm³/mol. The van der Waals surface area contributed by atoms with Gasteiger partial charge in [-0.05, 0) is 47.7 Å². The van der Waals surface area contributed by atoms with Gasteiger partial charge in [-0.2, -0.15) is 0 Å². The summed E-state index contributed by atoms with van der Waals surface area (Å²) in [5.41, 5.74) is 4.15. The lowest BCUT2D eigenvalue weighted by atomic mass is 9.87. The number of aromatic nitrogens is 1. The van der Waals surface area contributed by atoms with E-state index < -0.39 is 0 Å². The second-order valence-electron chi connectivity index (χ2n) is 7.04. The van der Waals surface area contributed by atoms with Gasteiger partial charge in [0.1, 0.15) is 5.75 Å². The van der Waals surface area contributed by atoms with Gasteiger partial charge in [0.25, 0.3) is 0 Å². The van der Waals surface area contributed by atoms with Gasteiger partial charge in [0.05, 0.1) is 6.61 Å². The molecule has 0 saturated heterocycles. The second-order valence-corrected chi connectivity index (χ2v) is 7.04. The van der Waals surface area contributed by atoms with Crippen LogP contribution in [0.2, 0.25) is 0 Å². The summed E-state index contributed by atoms with van der Waals surface area (Å²) in [6, 6.07) is 17.4. The van der Waals surface area contributed by atoms with E-state index >= 15 is 0 Å². The van der Waals surface area contributed by atoms with Crippen LogP contribution >= 0.6 is 0 Å². The van der Waals surface area contributed by atoms with E-state index in [4.69, 9.17) is 4.74 Å². The first-order valence-corrected chi connectivity index (χ1v) is 8.28. The third kappa shape index (κ3) is 3.42. The molecule has 0 aliphatic rings. The van der Waals surface area contributed by atoms with Crippen molar-refractivity contribution in [3.8, 4) is 5.75 Å². The Balaban J connectivity index is 1.84. The monoisotopic (exact) mass is 307 g/mol. The molecule has 2 nitrogen and oxygen atoms in total. The van der Waals surface area contributed by atoms with Crippen molar-refractivity contribution in [2.24, 2.45) is 0 Å². The molecular formula is C21H25NO. The van der Waals surface area contributed by atoms with Gasteiger partial charge in [-0.3, -0.25) is 0 Å². The predicted octanol–water partition coefficient (Wildman–Crippen LogP) is 5.39. The minimum Gasteiger partial charge on any atom is -0.494 e. The summed E-state index contributed by atoms with van der Waals surface area (Å²) < 4.78 is 7.87. The van der Waals surface area contributed by atoms with Crippen LogP contribution in [0.4, 0.5) is 0 Å². The highest BCUT2D eigenvalue weighted by Crippen LogP contribution is 2.25. The Hall–Kier alpha value is -2.22. The molecule has 0 atom stereocenters. The van der Waals surface area contributed by atoms with Crippen LogP contribution in [-0.2, 0) is 12.0 Å². The molecule has 0 bridgehead atoms. The van der Waals surface area contributed by atoms with Crippen LogP contribution in [-0.4, -0.2) is 11.2 Å². The molecule has 0 radical (unpaired) electrons. The summed E-state index contributed by atoms with van der Waals surface area (Å²) >= 11 is 0. The first kappa shape index (κ1) is 15.7. The van der Waals surface area contributed by atoms with Crippen LogP contribution in [0.5, 0.6) is 5.75 Å². The number of hydrogen-bond donors (Lipinski definition) is 0. The van der Waals surface area contributed by atoms with E-state index in [1.54, 1.807) is 0 Å². The molecule has 0 aliphatic heterocycles. The number of ether oxygens (including phenoxy) is 1. The van der Waals surface area contributed by atoms with Gasteiger partial charge in [-0.1, -0.05) is 45.0 Å². The van der Waals surface area contributed by atoms with E-state index in [9.17, 15) is 0 Å². The molecule has 0 amide bonds. The summed E-state index contributed by atoms with van der Waals surface area (Å²) in [6.07, 6.45) is 2.15. The van der Waals surface area contributed by atoms with Crippen molar-refractivity contribution in [3.05, 3.63) is 65.9 Å². The summed E-state index contributed by atoms with van der Waals surface area (Å²) in [5.74, 6) is 0.937. The van der Waals surface area contributed by atoms with E-state index in [1.807, 2.05) is 13.0 Å². The maximum atomic E-state index is 5.58. The van der Waals surface area contributed by atoms with Crippen molar-refractivity contribution in [1.29, 1.82) is 0 Å². The SMILES string of the molecule is CCOc1ccc2c(ccn2Cc2ccc(C(C)(C)C)cc2)c1. The Labute approximate surface area is 138 Å². The first-order chi connectivity index (χ1) is 11.0. The molecule has 1 aromatic heterocycles. The van der Waals surface area contributed by atoms with Crippen molar-refractivity contribution in [1.82, 2.24) is 4.57 Å². The lowest BCUT2D eigenvalue weighted by Crippen LogP contribution is -2.10. The number of hydrogen-bond acceptors (Lipinski definition) is 1. The van der Waals surface area contributed by atoms with Crippen LogP contribution in [0, 0.1) is 0 Å². The Kier molecular flexibility index (Phi) is 4.16. The van der Waals surface area contributed by atoms with Gasteiger partial charge in [0.15, 0.2) is 0 Å². The average molecular weight is 307 g/mol. The van der Waals surface area contributed by atoms with E-state index in [0.29, 0.717) is 6.61 Å². The Bertz CT molecular complexity index is 791. The summed E-state index contributed by atoms with van der Waals surface area (Å²) in [5, 5.41) is 1.22. The van der Waals surface area contributed by atoms with Crippen LogP contribution in [0.15, 0.2) is 54.7 Å². The number of fused-ring (bicyclic) bond motifs is 1. The van der Waals surface area contributed by atoms with Gasteiger partial charge < -0.3 is 9.30 Å². The highest BCUT2D eigenvalue weighted by molar-refractivity contribution is 5.81. The molecule has 1 heterocycles. The molecule has 23 heavy (non-hydrogen) atoms. The smallest absolute Gasteiger partial charge is 0.120 e. The van der Waals surface area contributed by atoms with Crippen LogP contribution in [0.1, 0.15) is 38.8 Å². The molecule has 0 unspecified atom stereocenters. The van der Waals surface area contributed by atoms with Crippen molar-refractivity contribution < 1.29 is 4.74 Å². The first-order valence-electron chi connectivity index (χ1n) is 8.28. The van der Waals surface area contributed by atoms with Gasteiger partial charge in [-0.25, -0.2) is 0 Å². The number of benzene rings is 2. The molecule has 120 valence electrons. The molecule has 0 spiro atoms. The Morgan fingerprint density at radius 3 is 2.35 bits per heavy atom. The van der Waals surface area contributed by atoms with Crippen LogP contribution < -0.4 is 4.74 Å². The van der Waals surface area contributed by atoms with Gasteiger partial charge in [-0.15, -0.1) is 0 Å². The van der Waals surface area contributed by atoms with Gasteiger partial charge >= 0.3 is 0 Å². The van der Waals surface area contributed by atoms with E-state index in [0.717, 1.165) is 12.3 Å². The number of nitrogens with zero attached hydrogens (tertiary/aromatic N) is 1. The zero-order valence-electron chi connectivity index (χ0n) is 14.5. The fourth-order valence-corrected chi connectivity index (χ4v) is 2.88. The third-order valence-corrected chi connectivity index (χ3v) is 4.23.